The molecule has 15 heavy (non-hydrogen) atoms. The Hall–Kier alpha value is -1.35. The highest BCUT2D eigenvalue weighted by atomic mass is 35.5. The Kier molecular flexibility index (Phi) is 3.02. The summed E-state index contributed by atoms with van der Waals surface area (Å²) in [5.41, 5.74) is 1.97. The van der Waals surface area contributed by atoms with Crippen molar-refractivity contribution in [3.8, 4) is 5.69 Å². The summed E-state index contributed by atoms with van der Waals surface area (Å²) in [5.74, 6) is 0. The van der Waals surface area contributed by atoms with E-state index in [9.17, 15) is 0 Å². The number of rotatable bonds is 3. The van der Waals surface area contributed by atoms with Crippen molar-refractivity contribution >= 4 is 11.6 Å². The number of aryl methyl sites for hydroxylation is 1. The first-order valence-electron chi connectivity index (χ1n) is 4.96. The van der Waals surface area contributed by atoms with Crippen LogP contribution in [0.3, 0.4) is 0 Å². The lowest BCUT2D eigenvalue weighted by Crippen LogP contribution is -1.97. The molecule has 4 heteroatoms. The predicted molar refractivity (Wildman–Crippen MR) is 60.4 cm³/mol. The van der Waals surface area contributed by atoms with E-state index in [-0.39, 0.29) is 0 Å². The van der Waals surface area contributed by atoms with Gasteiger partial charge in [-0.3, -0.25) is 4.98 Å². The fourth-order valence-corrected chi connectivity index (χ4v) is 1.71. The second-order valence-electron chi connectivity index (χ2n) is 3.33. The molecule has 0 aliphatic carbocycles. The molecular formula is C11H12ClN3. The third kappa shape index (κ3) is 2.18. The Labute approximate surface area is 93.7 Å². The quantitative estimate of drug-likeness (QED) is 0.798. The lowest BCUT2D eigenvalue weighted by Gasteiger charge is -2.00. The van der Waals surface area contributed by atoms with Crippen LogP contribution in [-0.4, -0.2) is 14.8 Å². The minimum Gasteiger partial charge on any atom is -0.265 e. The van der Waals surface area contributed by atoms with Gasteiger partial charge in [0.15, 0.2) is 0 Å². The molecule has 0 unspecified atom stereocenters. The van der Waals surface area contributed by atoms with Crippen molar-refractivity contribution < 1.29 is 0 Å². The van der Waals surface area contributed by atoms with Crippen LogP contribution in [0.2, 0.25) is 5.15 Å². The number of halogens is 1. The van der Waals surface area contributed by atoms with Gasteiger partial charge < -0.3 is 0 Å². The molecule has 2 aromatic heterocycles. The normalized spacial score (nSPS) is 10.5. The average molecular weight is 222 g/mol. The van der Waals surface area contributed by atoms with Gasteiger partial charge in [0, 0.05) is 12.4 Å². The van der Waals surface area contributed by atoms with Gasteiger partial charge in [-0.15, -0.1) is 0 Å². The van der Waals surface area contributed by atoms with Gasteiger partial charge in [-0.25, -0.2) is 4.68 Å². The van der Waals surface area contributed by atoms with Crippen LogP contribution in [0.25, 0.3) is 5.69 Å². The lowest BCUT2D eigenvalue weighted by atomic mass is 10.3. The Balaban J connectivity index is 2.36. The zero-order valence-corrected chi connectivity index (χ0v) is 9.28. The summed E-state index contributed by atoms with van der Waals surface area (Å²) < 4.78 is 1.73. The first-order valence-corrected chi connectivity index (χ1v) is 5.34. The summed E-state index contributed by atoms with van der Waals surface area (Å²) in [6.45, 7) is 2.12. The summed E-state index contributed by atoms with van der Waals surface area (Å²) in [4.78, 5) is 3.96. The van der Waals surface area contributed by atoms with Gasteiger partial charge >= 0.3 is 0 Å². The van der Waals surface area contributed by atoms with Crippen molar-refractivity contribution in [2.45, 2.75) is 19.8 Å². The van der Waals surface area contributed by atoms with Crippen LogP contribution in [0.4, 0.5) is 0 Å². The van der Waals surface area contributed by atoms with Crippen molar-refractivity contribution in [2.24, 2.45) is 0 Å². The van der Waals surface area contributed by atoms with E-state index in [0.717, 1.165) is 24.2 Å². The second-order valence-corrected chi connectivity index (χ2v) is 3.71. The number of pyridine rings is 1. The summed E-state index contributed by atoms with van der Waals surface area (Å²) >= 11 is 6.10. The minimum absolute atomic E-state index is 0.643. The molecule has 0 saturated carbocycles. The van der Waals surface area contributed by atoms with Crippen LogP contribution >= 0.6 is 11.6 Å². The predicted octanol–water partition coefficient (Wildman–Crippen LogP) is 2.87. The standard InChI is InChI=1S/C11H12ClN3/c1-2-3-9-8-11(12)15(14-9)10-4-6-13-7-5-10/h4-8H,2-3H2,1H3. The van der Waals surface area contributed by atoms with E-state index in [1.165, 1.54) is 0 Å². The van der Waals surface area contributed by atoms with E-state index in [4.69, 9.17) is 11.6 Å². The number of hydrogen-bond acceptors (Lipinski definition) is 2. The van der Waals surface area contributed by atoms with Crippen LogP contribution in [0.15, 0.2) is 30.6 Å². The molecule has 2 heterocycles. The first kappa shape index (κ1) is 10.2. The van der Waals surface area contributed by atoms with Crippen LogP contribution in [-0.2, 0) is 6.42 Å². The highest BCUT2D eigenvalue weighted by Gasteiger charge is 2.06. The Morgan fingerprint density at radius 1 is 1.33 bits per heavy atom. The zero-order valence-electron chi connectivity index (χ0n) is 8.52. The van der Waals surface area contributed by atoms with Crippen molar-refractivity contribution in [1.29, 1.82) is 0 Å². The van der Waals surface area contributed by atoms with Gasteiger partial charge in [-0.1, -0.05) is 24.9 Å². The average Bonchev–Trinajstić information content (AvgIpc) is 2.61. The van der Waals surface area contributed by atoms with E-state index >= 15 is 0 Å². The van der Waals surface area contributed by atoms with E-state index < -0.39 is 0 Å². The highest BCUT2D eigenvalue weighted by Crippen LogP contribution is 2.17. The van der Waals surface area contributed by atoms with Crippen LogP contribution < -0.4 is 0 Å². The largest absolute Gasteiger partial charge is 0.265 e. The number of hydrogen-bond donors (Lipinski definition) is 0. The van der Waals surface area contributed by atoms with E-state index in [0.29, 0.717) is 5.15 Å². The maximum Gasteiger partial charge on any atom is 0.133 e. The van der Waals surface area contributed by atoms with Gasteiger partial charge in [-0.05, 0) is 24.6 Å². The molecule has 0 bridgehead atoms. The minimum atomic E-state index is 0.643. The third-order valence-electron chi connectivity index (χ3n) is 2.13. The van der Waals surface area contributed by atoms with Crippen LogP contribution in [0, 0.1) is 0 Å². The molecule has 2 rings (SSSR count). The first-order chi connectivity index (χ1) is 7.31. The Bertz CT molecular complexity index is 436. The maximum absolute atomic E-state index is 6.10. The van der Waals surface area contributed by atoms with E-state index in [1.54, 1.807) is 17.1 Å². The summed E-state index contributed by atoms with van der Waals surface area (Å²) in [7, 11) is 0. The van der Waals surface area contributed by atoms with Gasteiger partial charge in [0.2, 0.25) is 0 Å². The molecule has 0 atom stereocenters. The molecule has 2 aromatic rings. The van der Waals surface area contributed by atoms with Crippen molar-refractivity contribution in [3.63, 3.8) is 0 Å². The molecule has 3 nitrogen and oxygen atoms in total. The molecule has 78 valence electrons. The van der Waals surface area contributed by atoms with Gasteiger partial charge in [0.1, 0.15) is 5.15 Å². The monoisotopic (exact) mass is 221 g/mol. The summed E-state index contributed by atoms with van der Waals surface area (Å²) in [5, 5.41) is 5.07. The molecule has 0 saturated heterocycles. The van der Waals surface area contributed by atoms with E-state index in [1.807, 2.05) is 18.2 Å². The molecular weight excluding hydrogens is 210 g/mol. The number of aromatic nitrogens is 3. The van der Waals surface area contributed by atoms with E-state index in [2.05, 4.69) is 17.0 Å². The molecule has 0 amide bonds. The molecule has 0 aliphatic heterocycles. The maximum atomic E-state index is 6.10. The number of nitrogens with zero attached hydrogens (tertiary/aromatic N) is 3. The highest BCUT2D eigenvalue weighted by molar-refractivity contribution is 6.29. The second kappa shape index (κ2) is 4.45. The van der Waals surface area contributed by atoms with Gasteiger partial charge in [-0.2, -0.15) is 5.10 Å². The summed E-state index contributed by atoms with van der Waals surface area (Å²) in [6.07, 6.45) is 5.49. The molecule has 0 fully saturated rings. The topological polar surface area (TPSA) is 30.7 Å². The van der Waals surface area contributed by atoms with Crippen LogP contribution in [0.1, 0.15) is 19.0 Å². The van der Waals surface area contributed by atoms with Gasteiger partial charge in [0.05, 0.1) is 11.4 Å². The molecule has 0 radical (unpaired) electrons. The van der Waals surface area contributed by atoms with Crippen molar-refractivity contribution in [3.05, 3.63) is 41.4 Å². The smallest absolute Gasteiger partial charge is 0.133 e. The zero-order chi connectivity index (χ0) is 10.7. The lowest BCUT2D eigenvalue weighted by molar-refractivity contribution is 0.806. The third-order valence-corrected chi connectivity index (χ3v) is 2.40. The SMILES string of the molecule is CCCc1cc(Cl)n(-c2ccncc2)n1. The van der Waals surface area contributed by atoms with Crippen molar-refractivity contribution in [2.75, 3.05) is 0 Å². The van der Waals surface area contributed by atoms with Gasteiger partial charge in [0.25, 0.3) is 0 Å². The molecule has 0 spiro atoms. The van der Waals surface area contributed by atoms with Crippen LogP contribution in [0.5, 0.6) is 0 Å². The summed E-state index contributed by atoms with van der Waals surface area (Å²) in [6, 6.07) is 5.68. The molecule has 0 aliphatic rings. The fraction of sp³-hybridized carbons (Fsp3) is 0.273. The molecule has 0 N–H and O–H groups in total. The Morgan fingerprint density at radius 3 is 2.73 bits per heavy atom. The Morgan fingerprint density at radius 2 is 2.07 bits per heavy atom. The molecule has 0 aromatic carbocycles. The fourth-order valence-electron chi connectivity index (χ4n) is 1.45. The van der Waals surface area contributed by atoms with Crippen molar-refractivity contribution in [1.82, 2.24) is 14.8 Å².